The Labute approximate surface area is 207 Å². The molecule has 0 saturated carbocycles. The van der Waals surface area contributed by atoms with Gasteiger partial charge in [-0.05, 0) is 38.7 Å². The minimum absolute atomic E-state index is 0.141. The number of aryl methyl sites for hydroxylation is 1. The third kappa shape index (κ3) is 10.6. The molecule has 0 radical (unpaired) electrons. The van der Waals surface area contributed by atoms with Crippen molar-refractivity contribution in [1.29, 1.82) is 0 Å². The van der Waals surface area contributed by atoms with Crippen LogP contribution in [-0.2, 0) is 39.1 Å². The summed E-state index contributed by atoms with van der Waals surface area (Å²) in [6.45, 7) is 9.87. The van der Waals surface area contributed by atoms with Gasteiger partial charge in [-0.15, -0.1) is 0 Å². The van der Waals surface area contributed by atoms with Crippen molar-refractivity contribution in [2.75, 3.05) is 6.61 Å². The summed E-state index contributed by atoms with van der Waals surface area (Å²) >= 11 is 0. The molecule has 2 aromatic rings. The maximum absolute atomic E-state index is 13.2. The summed E-state index contributed by atoms with van der Waals surface area (Å²) in [7, 11) is 1.91. The topological polar surface area (TPSA) is 103 Å². The number of nitrogens with zero attached hydrogens (tertiary/aromatic N) is 2. The Balaban J connectivity index is 2.07. The number of carbonyl (C=O) groups is 3. The maximum atomic E-state index is 13.2. The molecule has 0 bridgehead atoms. The molecule has 1 heterocycles. The van der Waals surface area contributed by atoms with Gasteiger partial charge < -0.3 is 20.1 Å². The summed E-state index contributed by atoms with van der Waals surface area (Å²) in [5.41, 5.74) is 0.157. The van der Waals surface area contributed by atoms with E-state index in [1.807, 2.05) is 79.1 Å². The molecule has 0 saturated heterocycles. The van der Waals surface area contributed by atoms with E-state index in [2.05, 4.69) is 10.6 Å². The van der Waals surface area contributed by atoms with Crippen molar-refractivity contribution < 1.29 is 28.4 Å². The highest BCUT2D eigenvalue weighted by Crippen LogP contribution is 2.11. The van der Waals surface area contributed by atoms with E-state index >= 15 is 0 Å². The fourth-order valence-corrected chi connectivity index (χ4v) is 3.45. The molecular formula is C26H39N4O5+. The van der Waals surface area contributed by atoms with Crippen LogP contribution in [0.1, 0.15) is 46.6 Å². The molecule has 0 aliphatic rings. The predicted octanol–water partition coefficient (Wildman–Crippen LogP) is 2.52. The second kappa shape index (κ2) is 12.9. The zero-order valence-corrected chi connectivity index (χ0v) is 21.6. The molecule has 0 fully saturated rings. The SMILES string of the molecule is CC(C)C[C@@H](NC(=O)[C@H](Cc1ccccc1)NC(=O)OC(C)(C)C)C(=O)OCCn1cc[n+](C)c1. The first-order chi connectivity index (χ1) is 16.4. The first kappa shape index (κ1) is 27.9. The normalized spacial score (nSPS) is 13.1. The van der Waals surface area contributed by atoms with Crippen molar-refractivity contribution in [3.8, 4) is 0 Å². The van der Waals surface area contributed by atoms with Crippen LogP contribution >= 0.6 is 0 Å². The molecule has 2 atom stereocenters. The lowest BCUT2D eigenvalue weighted by Gasteiger charge is -2.25. The predicted molar refractivity (Wildman–Crippen MR) is 131 cm³/mol. The zero-order chi connectivity index (χ0) is 26.0. The number of carbonyl (C=O) groups excluding carboxylic acids is 3. The number of aromatic nitrogens is 2. The molecule has 1 aromatic heterocycles. The first-order valence-electron chi connectivity index (χ1n) is 11.9. The van der Waals surface area contributed by atoms with Crippen molar-refractivity contribution in [3.05, 3.63) is 54.6 Å². The summed E-state index contributed by atoms with van der Waals surface area (Å²) in [6.07, 6.45) is 5.63. The zero-order valence-electron chi connectivity index (χ0n) is 21.6. The van der Waals surface area contributed by atoms with Crippen LogP contribution in [0.25, 0.3) is 0 Å². The van der Waals surface area contributed by atoms with Crippen molar-refractivity contribution in [1.82, 2.24) is 15.2 Å². The number of alkyl carbamates (subject to hydrolysis) is 1. The fraction of sp³-hybridized carbons (Fsp3) is 0.538. The average Bonchev–Trinajstić information content (AvgIpc) is 3.16. The van der Waals surface area contributed by atoms with Crippen LogP contribution in [0.4, 0.5) is 4.79 Å². The number of imidazole rings is 1. The minimum Gasteiger partial charge on any atom is -0.460 e. The number of hydrogen-bond acceptors (Lipinski definition) is 5. The number of benzene rings is 1. The Hall–Kier alpha value is -3.36. The number of esters is 1. The van der Waals surface area contributed by atoms with E-state index in [9.17, 15) is 14.4 Å². The van der Waals surface area contributed by atoms with Gasteiger partial charge in [-0.3, -0.25) is 4.79 Å². The van der Waals surface area contributed by atoms with E-state index in [1.54, 1.807) is 20.8 Å². The number of nitrogens with one attached hydrogen (secondary N) is 2. The summed E-state index contributed by atoms with van der Waals surface area (Å²) in [5, 5.41) is 5.45. The van der Waals surface area contributed by atoms with Gasteiger partial charge in [-0.2, -0.15) is 0 Å². The highest BCUT2D eigenvalue weighted by Gasteiger charge is 2.30. The molecule has 0 aliphatic carbocycles. The molecule has 0 aliphatic heterocycles. The monoisotopic (exact) mass is 487 g/mol. The van der Waals surface area contributed by atoms with Gasteiger partial charge in [0.25, 0.3) is 0 Å². The largest absolute Gasteiger partial charge is 0.460 e. The van der Waals surface area contributed by atoms with E-state index in [0.29, 0.717) is 13.0 Å². The lowest BCUT2D eigenvalue weighted by molar-refractivity contribution is -0.671. The van der Waals surface area contributed by atoms with E-state index in [0.717, 1.165) is 5.56 Å². The van der Waals surface area contributed by atoms with Crippen LogP contribution in [0, 0.1) is 5.92 Å². The Bertz CT molecular complexity index is 966. The van der Waals surface area contributed by atoms with Crippen LogP contribution in [-0.4, -0.2) is 46.8 Å². The number of ether oxygens (including phenoxy) is 2. The second-order valence-electron chi connectivity index (χ2n) is 10.1. The lowest BCUT2D eigenvalue weighted by atomic mass is 10.0. The molecular weight excluding hydrogens is 448 g/mol. The Morgan fingerprint density at radius 3 is 2.31 bits per heavy atom. The summed E-state index contributed by atoms with van der Waals surface area (Å²) < 4.78 is 14.6. The molecule has 0 spiro atoms. The Morgan fingerprint density at radius 2 is 1.74 bits per heavy atom. The molecule has 1 aromatic carbocycles. The minimum atomic E-state index is -0.922. The third-order valence-corrected chi connectivity index (χ3v) is 5.02. The van der Waals surface area contributed by atoms with Crippen molar-refractivity contribution in [2.45, 2.75) is 71.7 Å². The highest BCUT2D eigenvalue weighted by atomic mass is 16.6. The van der Waals surface area contributed by atoms with E-state index in [4.69, 9.17) is 9.47 Å². The third-order valence-electron chi connectivity index (χ3n) is 5.02. The molecule has 2 N–H and O–H groups in total. The van der Waals surface area contributed by atoms with Crippen molar-refractivity contribution >= 4 is 18.0 Å². The van der Waals surface area contributed by atoms with Gasteiger partial charge in [0.05, 0.1) is 7.05 Å². The average molecular weight is 488 g/mol. The molecule has 192 valence electrons. The first-order valence-corrected chi connectivity index (χ1v) is 11.9. The molecule has 9 heteroatoms. The standard InChI is InChI=1S/C26H38N4O5/c1-19(2)16-22(24(32)34-15-14-30-13-12-29(6)18-30)27-23(31)21(17-20-10-8-7-9-11-20)28-25(33)35-26(3,4)5/h7-13,18-19,21-22H,14-17H2,1-6H3,(H-,27,28,31,33)/p+1/t21-,22+/m0/s1. The van der Waals surface area contributed by atoms with Gasteiger partial charge in [0.2, 0.25) is 12.2 Å². The van der Waals surface area contributed by atoms with Gasteiger partial charge in [0, 0.05) is 6.42 Å². The van der Waals surface area contributed by atoms with E-state index in [1.165, 1.54) is 0 Å². The summed E-state index contributed by atoms with van der Waals surface area (Å²) in [6, 6.07) is 7.60. The Kier molecular flexibility index (Phi) is 10.3. The number of rotatable bonds is 11. The highest BCUT2D eigenvalue weighted by molar-refractivity contribution is 5.90. The van der Waals surface area contributed by atoms with Crippen LogP contribution in [0.3, 0.4) is 0 Å². The fourth-order valence-electron chi connectivity index (χ4n) is 3.45. The van der Waals surface area contributed by atoms with E-state index < -0.39 is 35.7 Å². The van der Waals surface area contributed by atoms with Crippen LogP contribution in [0.5, 0.6) is 0 Å². The van der Waals surface area contributed by atoms with Crippen LogP contribution in [0.2, 0.25) is 0 Å². The van der Waals surface area contributed by atoms with Gasteiger partial charge in [0.1, 0.15) is 43.2 Å². The molecule has 2 amide bonds. The molecule has 9 nitrogen and oxygen atoms in total. The molecule has 2 rings (SSSR count). The number of amides is 2. The van der Waals surface area contributed by atoms with Gasteiger partial charge >= 0.3 is 12.1 Å². The van der Waals surface area contributed by atoms with Crippen LogP contribution in [0.15, 0.2) is 49.1 Å². The van der Waals surface area contributed by atoms with Crippen molar-refractivity contribution in [2.24, 2.45) is 13.0 Å². The maximum Gasteiger partial charge on any atom is 0.408 e. The van der Waals surface area contributed by atoms with Crippen LogP contribution < -0.4 is 15.2 Å². The van der Waals surface area contributed by atoms with Gasteiger partial charge in [-0.1, -0.05) is 44.2 Å². The van der Waals surface area contributed by atoms with Gasteiger partial charge in [-0.25, -0.2) is 18.7 Å². The lowest BCUT2D eigenvalue weighted by Crippen LogP contribution is -2.53. The molecule has 35 heavy (non-hydrogen) atoms. The van der Waals surface area contributed by atoms with E-state index in [-0.39, 0.29) is 18.9 Å². The van der Waals surface area contributed by atoms with Gasteiger partial charge in [0.15, 0.2) is 0 Å². The number of hydrogen-bond donors (Lipinski definition) is 2. The summed E-state index contributed by atoms with van der Waals surface area (Å²) in [4.78, 5) is 38.5. The smallest absolute Gasteiger partial charge is 0.408 e. The Morgan fingerprint density at radius 1 is 1.06 bits per heavy atom. The van der Waals surface area contributed by atoms with Crippen molar-refractivity contribution in [3.63, 3.8) is 0 Å². The summed E-state index contributed by atoms with van der Waals surface area (Å²) in [5.74, 6) is -0.832. The quantitative estimate of drug-likeness (QED) is 0.375. The second-order valence-corrected chi connectivity index (χ2v) is 10.1. The molecule has 0 unspecified atom stereocenters.